The van der Waals surface area contributed by atoms with E-state index < -0.39 is 24.7 Å². The van der Waals surface area contributed by atoms with Gasteiger partial charge in [-0.1, -0.05) is 0 Å². The van der Waals surface area contributed by atoms with Crippen molar-refractivity contribution >= 4 is 11.9 Å². The molecule has 0 radical (unpaired) electrons. The molecule has 0 aromatic rings. The molecule has 0 heterocycles. The number of aliphatic hydroxyl groups excluding tert-OH is 1. The van der Waals surface area contributed by atoms with Crippen molar-refractivity contribution in [2.75, 3.05) is 13.1 Å². The Morgan fingerprint density at radius 2 is 1.92 bits per heavy atom. The van der Waals surface area contributed by atoms with Crippen LogP contribution in [0.15, 0.2) is 0 Å². The van der Waals surface area contributed by atoms with Crippen molar-refractivity contribution < 1.29 is 24.9 Å². The van der Waals surface area contributed by atoms with Gasteiger partial charge in [-0.05, 0) is 6.92 Å². The summed E-state index contributed by atoms with van der Waals surface area (Å²) in [7, 11) is 0. The number of aliphatic carboxylic acids is 1. The number of likely N-dealkylation sites (N-methyl/N-ethyl adjacent to an activating group) is 1. The third-order valence-corrected chi connectivity index (χ3v) is 1.24. The minimum atomic E-state index is -2.13. The van der Waals surface area contributed by atoms with Gasteiger partial charge in [0.2, 0.25) is 6.29 Å². The third kappa shape index (κ3) is 3.31. The third-order valence-electron chi connectivity index (χ3n) is 1.24. The van der Waals surface area contributed by atoms with Crippen LogP contribution in [0.1, 0.15) is 6.92 Å². The Morgan fingerprint density at radius 1 is 1.42 bits per heavy atom. The summed E-state index contributed by atoms with van der Waals surface area (Å²) < 4.78 is 0. The van der Waals surface area contributed by atoms with Gasteiger partial charge in [0.1, 0.15) is 6.54 Å². The van der Waals surface area contributed by atoms with Crippen LogP contribution in [-0.4, -0.2) is 51.5 Å². The van der Waals surface area contributed by atoms with Crippen LogP contribution in [0, 0.1) is 0 Å². The second kappa shape index (κ2) is 4.68. The van der Waals surface area contributed by atoms with Crippen molar-refractivity contribution in [3.63, 3.8) is 0 Å². The Hall–Kier alpha value is -1.14. The number of carbonyl (C=O) groups excluding carboxylic acids is 1. The van der Waals surface area contributed by atoms with Gasteiger partial charge in [0.25, 0.3) is 5.91 Å². The quantitative estimate of drug-likeness (QED) is 0.441. The lowest BCUT2D eigenvalue weighted by atomic mass is 10.4. The molecule has 0 rings (SSSR count). The van der Waals surface area contributed by atoms with E-state index in [0.29, 0.717) is 0 Å². The van der Waals surface area contributed by atoms with Gasteiger partial charge in [0.05, 0.1) is 0 Å². The van der Waals surface area contributed by atoms with Gasteiger partial charge in [0, 0.05) is 6.54 Å². The van der Waals surface area contributed by atoms with Crippen molar-refractivity contribution in [1.29, 1.82) is 0 Å². The van der Waals surface area contributed by atoms with Gasteiger partial charge in [0.15, 0.2) is 0 Å². The van der Waals surface area contributed by atoms with Crippen LogP contribution < -0.4 is 0 Å². The summed E-state index contributed by atoms with van der Waals surface area (Å²) in [4.78, 5) is 21.7. The lowest BCUT2D eigenvalue weighted by Crippen LogP contribution is -2.41. The molecule has 0 spiro atoms. The highest BCUT2D eigenvalue weighted by molar-refractivity contribution is 5.83. The molecule has 0 aliphatic carbocycles. The molecule has 0 unspecified atom stereocenters. The average molecular weight is 177 g/mol. The van der Waals surface area contributed by atoms with E-state index in [-0.39, 0.29) is 6.54 Å². The molecule has 70 valence electrons. The molecular formula is C6H11NO5. The van der Waals surface area contributed by atoms with E-state index in [4.69, 9.17) is 15.3 Å². The number of rotatable bonds is 4. The van der Waals surface area contributed by atoms with E-state index in [1.54, 1.807) is 6.92 Å². The first kappa shape index (κ1) is 10.9. The predicted octanol–water partition coefficient (Wildman–Crippen LogP) is -1.77. The number of nitrogens with zero attached hydrogens (tertiary/aromatic N) is 1. The van der Waals surface area contributed by atoms with Crippen molar-refractivity contribution in [2.24, 2.45) is 0 Å². The first-order valence-electron chi connectivity index (χ1n) is 3.35. The van der Waals surface area contributed by atoms with Crippen molar-refractivity contribution in [3.8, 4) is 0 Å². The van der Waals surface area contributed by atoms with E-state index in [1.165, 1.54) is 0 Å². The normalized spacial score (nSPS) is 10.0. The molecule has 0 aliphatic heterocycles. The minimum absolute atomic E-state index is 0.128. The molecule has 0 aromatic heterocycles. The Morgan fingerprint density at radius 3 is 2.17 bits per heavy atom. The molecular weight excluding hydrogens is 166 g/mol. The number of carbonyl (C=O) groups is 2. The van der Waals surface area contributed by atoms with Crippen LogP contribution in [0.25, 0.3) is 0 Å². The highest BCUT2D eigenvalue weighted by atomic mass is 16.5. The maximum atomic E-state index is 10.8. The fourth-order valence-electron chi connectivity index (χ4n) is 0.672. The van der Waals surface area contributed by atoms with Crippen molar-refractivity contribution in [3.05, 3.63) is 0 Å². The number of carboxylic acid groups (broad SMARTS) is 1. The van der Waals surface area contributed by atoms with Gasteiger partial charge in [-0.15, -0.1) is 0 Å². The van der Waals surface area contributed by atoms with E-state index in [0.717, 1.165) is 4.90 Å². The van der Waals surface area contributed by atoms with Gasteiger partial charge >= 0.3 is 5.97 Å². The molecule has 3 N–H and O–H groups in total. The SMILES string of the molecule is CCN(CC(=O)O)C(=O)C(O)O. The van der Waals surface area contributed by atoms with Gasteiger partial charge in [-0.3, -0.25) is 9.59 Å². The predicted molar refractivity (Wildman–Crippen MR) is 38.1 cm³/mol. The van der Waals surface area contributed by atoms with Crippen LogP contribution in [0.2, 0.25) is 0 Å². The van der Waals surface area contributed by atoms with Crippen molar-refractivity contribution in [2.45, 2.75) is 13.2 Å². The summed E-state index contributed by atoms with van der Waals surface area (Å²) in [5.41, 5.74) is 0. The first-order valence-corrected chi connectivity index (χ1v) is 3.35. The molecule has 0 atom stereocenters. The number of hydrogen-bond acceptors (Lipinski definition) is 4. The van der Waals surface area contributed by atoms with E-state index in [2.05, 4.69) is 0 Å². The fourth-order valence-corrected chi connectivity index (χ4v) is 0.672. The smallest absolute Gasteiger partial charge is 0.323 e. The van der Waals surface area contributed by atoms with Crippen LogP contribution in [0.3, 0.4) is 0 Å². The monoisotopic (exact) mass is 177 g/mol. The standard InChI is InChI=1S/C6H11NO5/c1-2-7(3-4(8)9)5(10)6(11)12/h6,11-12H,2-3H2,1H3,(H,8,9). The summed E-state index contributed by atoms with van der Waals surface area (Å²) in [6.45, 7) is 1.15. The zero-order valence-electron chi connectivity index (χ0n) is 6.60. The molecule has 0 bridgehead atoms. The van der Waals surface area contributed by atoms with Crippen LogP contribution in [0.5, 0.6) is 0 Å². The molecule has 0 saturated heterocycles. The molecule has 0 fully saturated rings. The van der Waals surface area contributed by atoms with Crippen molar-refractivity contribution in [1.82, 2.24) is 4.90 Å². The van der Waals surface area contributed by atoms with Gasteiger partial charge < -0.3 is 20.2 Å². The number of hydrogen-bond donors (Lipinski definition) is 3. The zero-order chi connectivity index (χ0) is 9.72. The summed E-state index contributed by atoms with van der Waals surface area (Å²) >= 11 is 0. The highest BCUT2D eigenvalue weighted by Gasteiger charge is 2.20. The second-order valence-electron chi connectivity index (χ2n) is 2.12. The summed E-state index contributed by atoms with van der Waals surface area (Å²) in [5.74, 6) is -2.19. The Bertz CT molecular complexity index is 179. The van der Waals surface area contributed by atoms with Crippen LogP contribution in [0.4, 0.5) is 0 Å². The topological polar surface area (TPSA) is 98.1 Å². The number of amides is 1. The Balaban J connectivity index is 4.15. The Labute approximate surface area is 69.0 Å². The van der Waals surface area contributed by atoms with Crippen LogP contribution >= 0.6 is 0 Å². The summed E-state index contributed by atoms with van der Waals surface area (Å²) in [5, 5.41) is 25.1. The lowest BCUT2D eigenvalue weighted by molar-refractivity contribution is -0.162. The molecule has 0 aliphatic rings. The molecule has 12 heavy (non-hydrogen) atoms. The molecule has 0 aromatic carbocycles. The minimum Gasteiger partial charge on any atom is -0.480 e. The van der Waals surface area contributed by atoms with Crippen LogP contribution in [-0.2, 0) is 9.59 Å². The van der Waals surface area contributed by atoms with Gasteiger partial charge in [-0.2, -0.15) is 0 Å². The highest BCUT2D eigenvalue weighted by Crippen LogP contribution is 1.92. The molecule has 1 amide bonds. The lowest BCUT2D eigenvalue weighted by Gasteiger charge is -2.18. The maximum absolute atomic E-state index is 10.8. The maximum Gasteiger partial charge on any atom is 0.323 e. The largest absolute Gasteiger partial charge is 0.480 e. The second-order valence-corrected chi connectivity index (χ2v) is 2.12. The summed E-state index contributed by atoms with van der Waals surface area (Å²) in [6.07, 6.45) is -2.13. The zero-order valence-corrected chi connectivity index (χ0v) is 6.60. The van der Waals surface area contributed by atoms with E-state index in [9.17, 15) is 9.59 Å². The Kier molecular flexibility index (Phi) is 4.24. The molecule has 6 nitrogen and oxygen atoms in total. The van der Waals surface area contributed by atoms with Gasteiger partial charge in [-0.25, -0.2) is 0 Å². The molecule has 0 saturated carbocycles. The first-order chi connectivity index (χ1) is 5.49. The average Bonchev–Trinajstić information content (AvgIpc) is 1.98. The number of carboxylic acids is 1. The summed E-state index contributed by atoms with van der Waals surface area (Å²) in [6, 6.07) is 0. The number of aliphatic hydroxyl groups is 2. The van der Waals surface area contributed by atoms with E-state index >= 15 is 0 Å². The molecule has 6 heteroatoms. The van der Waals surface area contributed by atoms with E-state index in [1.807, 2.05) is 0 Å². The fraction of sp³-hybridized carbons (Fsp3) is 0.667.